The third-order valence-electron chi connectivity index (χ3n) is 2.30. The van der Waals surface area contributed by atoms with Gasteiger partial charge in [0.25, 0.3) is 0 Å². The first-order chi connectivity index (χ1) is 4.93. The Balaban J connectivity index is 2.15. The van der Waals surface area contributed by atoms with E-state index in [1.54, 1.807) is 0 Å². The van der Waals surface area contributed by atoms with Crippen LogP contribution in [0, 0.1) is 0 Å². The Kier molecular flexibility index (Phi) is 3.81. The van der Waals surface area contributed by atoms with Crippen LogP contribution in [0.4, 0.5) is 0 Å². The predicted molar refractivity (Wildman–Crippen MR) is 45.2 cm³/mol. The van der Waals surface area contributed by atoms with E-state index in [1.807, 2.05) is 0 Å². The maximum absolute atomic E-state index is 3.58. The summed E-state index contributed by atoms with van der Waals surface area (Å²) in [5, 5.41) is 3.58. The number of nitrogens with one attached hydrogen (secondary N) is 1. The first-order valence-corrected chi connectivity index (χ1v) is 4.67. The van der Waals surface area contributed by atoms with Gasteiger partial charge in [-0.05, 0) is 25.8 Å². The van der Waals surface area contributed by atoms with Gasteiger partial charge in [-0.3, -0.25) is 0 Å². The number of hydrogen-bond donors (Lipinski definition) is 1. The maximum Gasteiger partial charge on any atom is 0.00669 e. The molecule has 1 heterocycles. The first kappa shape index (κ1) is 8.06. The summed E-state index contributed by atoms with van der Waals surface area (Å²) in [6.45, 7) is 3.53. The molecule has 0 bridgehead atoms. The molecule has 0 aromatic rings. The van der Waals surface area contributed by atoms with Crippen LogP contribution in [0.25, 0.3) is 0 Å². The van der Waals surface area contributed by atoms with Crippen LogP contribution in [0.15, 0.2) is 0 Å². The van der Waals surface area contributed by atoms with Crippen molar-refractivity contribution in [3.05, 3.63) is 0 Å². The van der Waals surface area contributed by atoms with Gasteiger partial charge in [-0.25, -0.2) is 0 Å². The van der Waals surface area contributed by atoms with E-state index < -0.39 is 0 Å². The van der Waals surface area contributed by atoms with Gasteiger partial charge in [-0.1, -0.05) is 26.2 Å². The highest BCUT2D eigenvalue weighted by atomic mass is 14.9. The Morgan fingerprint density at radius 2 is 2.20 bits per heavy atom. The van der Waals surface area contributed by atoms with Crippen molar-refractivity contribution in [3.63, 3.8) is 0 Å². The molecule has 0 aromatic carbocycles. The maximum atomic E-state index is 3.58. The molecule has 1 atom stereocenters. The lowest BCUT2D eigenvalue weighted by molar-refractivity contribution is 0.473. The average molecular weight is 141 g/mol. The number of hydrogen-bond acceptors (Lipinski definition) is 1. The van der Waals surface area contributed by atoms with Gasteiger partial charge in [-0.15, -0.1) is 0 Å². The minimum absolute atomic E-state index is 0.840. The summed E-state index contributed by atoms with van der Waals surface area (Å²) in [7, 11) is 0. The van der Waals surface area contributed by atoms with E-state index in [0.717, 1.165) is 6.04 Å². The molecule has 1 rings (SSSR count). The number of rotatable bonds is 2. The summed E-state index contributed by atoms with van der Waals surface area (Å²) in [5.41, 5.74) is 0. The monoisotopic (exact) mass is 141 g/mol. The molecule has 0 radical (unpaired) electrons. The van der Waals surface area contributed by atoms with Gasteiger partial charge in [0.15, 0.2) is 0 Å². The van der Waals surface area contributed by atoms with Gasteiger partial charge in [0.05, 0.1) is 0 Å². The molecule has 0 unspecified atom stereocenters. The van der Waals surface area contributed by atoms with Gasteiger partial charge >= 0.3 is 0 Å². The Morgan fingerprint density at radius 1 is 1.30 bits per heavy atom. The van der Waals surface area contributed by atoms with Crippen molar-refractivity contribution in [1.82, 2.24) is 5.32 Å². The molecule has 0 aliphatic carbocycles. The standard InChI is InChI=1S/C9H19N/c1-2-6-9-7-4-3-5-8-10-9/h9-10H,2-8H2,1H3/t9-/m1/s1. The zero-order valence-corrected chi connectivity index (χ0v) is 7.03. The molecule has 0 saturated carbocycles. The summed E-state index contributed by atoms with van der Waals surface area (Å²) in [6, 6.07) is 0.840. The molecule has 0 spiro atoms. The quantitative estimate of drug-likeness (QED) is 0.622. The van der Waals surface area contributed by atoms with Crippen LogP contribution in [-0.2, 0) is 0 Å². The van der Waals surface area contributed by atoms with Crippen molar-refractivity contribution in [2.24, 2.45) is 0 Å². The molecular weight excluding hydrogens is 122 g/mol. The molecule has 0 aromatic heterocycles. The summed E-state index contributed by atoms with van der Waals surface area (Å²) < 4.78 is 0. The SMILES string of the molecule is CCC[C@@H]1CCCCCN1. The van der Waals surface area contributed by atoms with E-state index in [9.17, 15) is 0 Å². The molecule has 0 amide bonds. The lowest BCUT2D eigenvalue weighted by Crippen LogP contribution is -2.27. The third-order valence-corrected chi connectivity index (χ3v) is 2.30. The fourth-order valence-corrected chi connectivity index (χ4v) is 1.70. The molecule has 10 heavy (non-hydrogen) atoms. The molecule has 1 N–H and O–H groups in total. The van der Waals surface area contributed by atoms with Crippen LogP contribution in [-0.4, -0.2) is 12.6 Å². The molecular formula is C9H19N. The topological polar surface area (TPSA) is 12.0 Å². The van der Waals surface area contributed by atoms with Crippen LogP contribution in [0.3, 0.4) is 0 Å². The normalized spacial score (nSPS) is 27.9. The van der Waals surface area contributed by atoms with Gasteiger partial charge in [0.2, 0.25) is 0 Å². The van der Waals surface area contributed by atoms with Crippen molar-refractivity contribution >= 4 is 0 Å². The van der Waals surface area contributed by atoms with Gasteiger partial charge in [0, 0.05) is 6.04 Å². The minimum atomic E-state index is 0.840. The van der Waals surface area contributed by atoms with Crippen molar-refractivity contribution in [3.8, 4) is 0 Å². The van der Waals surface area contributed by atoms with Crippen LogP contribution < -0.4 is 5.32 Å². The van der Waals surface area contributed by atoms with Crippen LogP contribution in [0.5, 0.6) is 0 Å². The summed E-state index contributed by atoms with van der Waals surface area (Å²) in [6.07, 6.45) is 8.39. The Labute approximate surface area is 64.2 Å². The zero-order chi connectivity index (χ0) is 7.23. The van der Waals surface area contributed by atoms with E-state index in [1.165, 1.54) is 45.1 Å². The lowest BCUT2D eigenvalue weighted by atomic mass is 10.1. The Morgan fingerprint density at radius 3 is 3.00 bits per heavy atom. The van der Waals surface area contributed by atoms with Crippen LogP contribution in [0.1, 0.15) is 45.4 Å². The van der Waals surface area contributed by atoms with E-state index in [2.05, 4.69) is 12.2 Å². The molecule has 60 valence electrons. The highest BCUT2D eigenvalue weighted by Crippen LogP contribution is 2.11. The van der Waals surface area contributed by atoms with Gasteiger partial charge in [0.1, 0.15) is 0 Å². The third kappa shape index (κ3) is 2.70. The highest BCUT2D eigenvalue weighted by molar-refractivity contribution is 4.69. The highest BCUT2D eigenvalue weighted by Gasteiger charge is 2.08. The molecule has 1 saturated heterocycles. The average Bonchev–Trinajstić information content (AvgIpc) is 2.17. The van der Waals surface area contributed by atoms with E-state index in [-0.39, 0.29) is 0 Å². The predicted octanol–water partition coefficient (Wildman–Crippen LogP) is 2.32. The second kappa shape index (κ2) is 4.73. The lowest BCUT2D eigenvalue weighted by Gasteiger charge is -2.13. The molecule has 1 fully saturated rings. The Bertz CT molecular complexity index is 72.8. The fourth-order valence-electron chi connectivity index (χ4n) is 1.70. The molecule has 1 nitrogen and oxygen atoms in total. The Hall–Kier alpha value is -0.0400. The van der Waals surface area contributed by atoms with Crippen molar-refractivity contribution in [2.45, 2.75) is 51.5 Å². The van der Waals surface area contributed by atoms with E-state index in [4.69, 9.17) is 0 Å². The molecule has 1 aliphatic heterocycles. The molecule has 1 aliphatic rings. The van der Waals surface area contributed by atoms with Crippen molar-refractivity contribution in [1.29, 1.82) is 0 Å². The first-order valence-electron chi connectivity index (χ1n) is 4.67. The zero-order valence-electron chi connectivity index (χ0n) is 7.03. The van der Waals surface area contributed by atoms with Crippen LogP contribution in [0.2, 0.25) is 0 Å². The van der Waals surface area contributed by atoms with E-state index in [0.29, 0.717) is 0 Å². The second-order valence-electron chi connectivity index (χ2n) is 3.29. The minimum Gasteiger partial charge on any atom is -0.314 e. The van der Waals surface area contributed by atoms with Crippen LogP contribution >= 0.6 is 0 Å². The van der Waals surface area contributed by atoms with Gasteiger partial charge < -0.3 is 5.32 Å². The second-order valence-corrected chi connectivity index (χ2v) is 3.29. The van der Waals surface area contributed by atoms with Crippen molar-refractivity contribution in [2.75, 3.05) is 6.54 Å². The van der Waals surface area contributed by atoms with Gasteiger partial charge in [-0.2, -0.15) is 0 Å². The fraction of sp³-hybridized carbons (Fsp3) is 1.00. The largest absolute Gasteiger partial charge is 0.314 e. The molecule has 1 heteroatoms. The summed E-state index contributed by atoms with van der Waals surface area (Å²) in [4.78, 5) is 0. The smallest absolute Gasteiger partial charge is 0.00669 e. The summed E-state index contributed by atoms with van der Waals surface area (Å²) >= 11 is 0. The summed E-state index contributed by atoms with van der Waals surface area (Å²) in [5.74, 6) is 0. The van der Waals surface area contributed by atoms with E-state index >= 15 is 0 Å². The van der Waals surface area contributed by atoms with Crippen molar-refractivity contribution < 1.29 is 0 Å².